The van der Waals surface area contributed by atoms with Gasteiger partial charge in [0.05, 0.1) is 16.5 Å². The Hall–Kier alpha value is -3.29. The van der Waals surface area contributed by atoms with Gasteiger partial charge >= 0.3 is 6.18 Å². The highest BCUT2D eigenvalue weighted by atomic mass is 35.5. The fraction of sp³-hybridized carbons (Fsp3) is 0.375. The fourth-order valence-corrected chi connectivity index (χ4v) is 4.89. The van der Waals surface area contributed by atoms with Crippen LogP contribution in [0.25, 0.3) is 16.7 Å². The molecule has 1 aliphatic carbocycles. The van der Waals surface area contributed by atoms with Gasteiger partial charge in [0.1, 0.15) is 35.2 Å². The molecule has 202 valence electrons. The van der Waals surface area contributed by atoms with Crippen LogP contribution in [0, 0.1) is 17.6 Å². The average Bonchev–Trinajstić information content (AvgIpc) is 3.59. The zero-order valence-electron chi connectivity index (χ0n) is 19.3. The first-order valence-electron chi connectivity index (χ1n) is 11.6. The topological polar surface area (TPSA) is 108 Å². The Balaban J connectivity index is 1.70. The lowest BCUT2D eigenvalue weighted by molar-refractivity contribution is -0.158. The van der Waals surface area contributed by atoms with E-state index in [0.717, 1.165) is 16.8 Å². The summed E-state index contributed by atoms with van der Waals surface area (Å²) in [6, 6.07) is 1.63. The summed E-state index contributed by atoms with van der Waals surface area (Å²) in [5.74, 6) is -4.28. The molecule has 14 heteroatoms. The quantitative estimate of drug-likeness (QED) is 0.415. The third kappa shape index (κ3) is 4.81. The second-order valence-electron chi connectivity index (χ2n) is 9.35. The fourth-order valence-electron chi connectivity index (χ4n) is 4.61. The van der Waals surface area contributed by atoms with Crippen molar-refractivity contribution in [3.63, 3.8) is 0 Å². The molecule has 1 saturated carbocycles. The SMILES string of the molecule is O=C(N[C@@H](C1CC1)C(F)(F)F)c1cn(-c2c(F)cc(F)cc2Cl)c2nc(N3C[C@@H](O)CC3O)ccc2c1=O. The number of β-amino-alcohol motifs (C(OH)–C–C–N with tert-alkyl or cyclic N) is 1. The van der Waals surface area contributed by atoms with Crippen molar-refractivity contribution in [2.24, 2.45) is 5.92 Å². The van der Waals surface area contributed by atoms with Crippen LogP contribution in [0.3, 0.4) is 0 Å². The van der Waals surface area contributed by atoms with Crippen LogP contribution in [0.4, 0.5) is 27.8 Å². The molecule has 2 aromatic heterocycles. The average molecular weight is 559 g/mol. The minimum Gasteiger partial charge on any atom is -0.391 e. The Labute approximate surface area is 216 Å². The molecule has 1 saturated heterocycles. The highest BCUT2D eigenvalue weighted by molar-refractivity contribution is 6.32. The zero-order chi connectivity index (χ0) is 27.5. The summed E-state index contributed by atoms with van der Waals surface area (Å²) < 4.78 is 70.2. The molecule has 8 nitrogen and oxygen atoms in total. The van der Waals surface area contributed by atoms with Gasteiger partial charge in [-0.1, -0.05) is 11.6 Å². The second-order valence-corrected chi connectivity index (χ2v) is 9.76. The van der Waals surface area contributed by atoms with E-state index in [-0.39, 0.29) is 42.7 Å². The van der Waals surface area contributed by atoms with E-state index in [1.54, 1.807) is 0 Å². The van der Waals surface area contributed by atoms with E-state index in [4.69, 9.17) is 11.6 Å². The van der Waals surface area contributed by atoms with Gasteiger partial charge in [-0.3, -0.25) is 14.2 Å². The van der Waals surface area contributed by atoms with Crippen LogP contribution in [-0.4, -0.2) is 56.8 Å². The van der Waals surface area contributed by atoms with E-state index in [1.807, 2.05) is 5.32 Å². The summed E-state index contributed by atoms with van der Waals surface area (Å²) in [5, 5.41) is 21.3. The number of fused-ring (bicyclic) bond motifs is 1. The van der Waals surface area contributed by atoms with E-state index < -0.39 is 69.7 Å². The van der Waals surface area contributed by atoms with Crippen LogP contribution in [0.2, 0.25) is 5.02 Å². The number of nitrogens with zero attached hydrogens (tertiary/aromatic N) is 3. The monoisotopic (exact) mass is 558 g/mol. The molecular formula is C24H20ClF5N4O4. The third-order valence-corrected chi connectivity index (χ3v) is 6.87. The third-order valence-electron chi connectivity index (χ3n) is 6.58. The highest BCUT2D eigenvalue weighted by Gasteiger charge is 2.50. The molecule has 2 fully saturated rings. The molecule has 3 N–H and O–H groups in total. The molecular weight excluding hydrogens is 539 g/mol. The minimum absolute atomic E-state index is 0.00391. The first kappa shape index (κ1) is 26.3. The van der Waals surface area contributed by atoms with Gasteiger partial charge in [0.25, 0.3) is 5.91 Å². The van der Waals surface area contributed by atoms with Gasteiger partial charge in [-0.15, -0.1) is 0 Å². The predicted octanol–water partition coefficient (Wildman–Crippen LogP) is 3.28. The van der Waals surface area contributed by atoms with Gasteiger partial charge in [-0.2, -0.15) is 13.2 Å². The van der Waals surface area contributed by atoms with Gasteiger partial charge in [-0.05, 0) is 37.0 Å². The number of rotatable bonds is 5. The maximum Gasteiger partial charge on any atom is 0.408 e. The summed E-state index contributed by atoms with van der Waals surface area (Å²) >= 11 is 6.11. The normalized spacial score (nSPS) is 20.7. The number of benzene rings is 1. The Morgan fingerprint density at radius 1 is 1.18 bits per heavy atom. The number of aliphatic hydroxyl groups excluding tert-OH is 2. The van der Waals surface area contributed by atoms with Crippen molar-refractivity contribution < 1.29 is 37.0 Å². The van der Waals surface area contributed by atoms with E-state index in [2.05, 4.69) is 4.98 Å². The number of pyridine rings is 2. The number of carbonyl (C=O) groups excluding carboxylic acids is 1. The van der Waals surface area contributed by atoms with Crippen molar-refractivity contribution in [2.75, 3.05) is 11.4 Å². The maximum absolute atomic E-state index is 15.0. The van der Waals surface area contributed by atoms with Gasteiger partial charge in [0.2, 0.25) is 5.43 Å². The number of nitrogens with one attached hydrogen (secondary N) is 1. The summed E-state index contributed by atoms with van der Waals surface area (Å²) in [6.45, 7) is -0.00391. The van der Waals surface area contributed by atoms with Crippen LogP contribution < -0.4 is 15.6 Å². The van der Waals surface area contributed by atoms with Crippen LogP contribution >= 0.6 is 11.6 Å². The molecule has 1 aromatic carbocycles. The molecule has 0 bridgehead atoms. The van der Waals surface area contributed by atoms with Crippen molar-refractivity contribution >= 4 is 34.4 Å². The summed E-state index contributed by atoms with van der Waals surface area (Å²) in [5.41, 5.74) is -2.49. The Kier molecular flexibility index (Phi) is 6.56. The van der Waals surface area contributed by atoms with Crippen molar-refractivity contribution in [2.45, 2.75) is 43.8 Å². The van der Waals surface area contributed by atoms with E-state index in [9.17, 15) is 41.8 Å². The maximum atomic E-state index is 15.0. The van der Waals surface area contributed by atoms with Crippen LogP contribution in [-0.2, 0) is 0 Å². The van der Waals surface area contributed by atoms with Crippen molar-refractivity contribution in [1.29, 1.82) is 0 Å². The summed E-state index contributed by atoms with van der Waals surface area (Å²) in [4.78, 5) is 31.9. The van der Waals surface area contributed by atoms with Crippen molar-refractivity contribution in [3.8, 4) is 5.69 Å². The number of aromatic nitrogens is 2. The molecule has 0 spiro atoms. The Morgan fingerprint density at radius 2 is 1.89 bits per heavy atom. The first-order valence-corrected chi connectivity index (χ1v) is 11.9. The summed E-state index contributed by atoms with van der Waals surface area (Å²) in [6.07, 6.45) is -5.41. The molecule has 2 aliphatic rings. The van der Waals surface area contributed by atoms with Crippen LogP contribution in [0.5, 0.6) is 0 Å². The standard InChI is InChI=1S/C24H20ClF5N4O4/c25-15-5-11(26)6-16(27)19(15)34-9-14(23(38)32-21(10-1-2-10)24(28,29)30)20(37)13-3-4-17(31-22(13)34)33-8-12(35)7-18(33)36/h3-6,9-10,12,18,21,35-36H,1-2,7-8H2,(H,32,38)/t12-,18?,21-/m0/s1. The van der Waals surface area contributed by atoms with E-state index in [0.29, 0.717) is 6.07 Å². The smallest absolute Gasteiger partial charge is 0.391 e. The molecule has 1 aliphatic heterocycles. The largest absolute Gasteiger partial charge is 0.408 e. The second kappa shape index (κ2) is 9.47. The number of hydrogen-bond donors (Lipinski definition) is 3. The lowest BCUT2D eigenvalue weighted by Crippen LogP contribution is -2.48. The van der Waals surface area contributed by atoms with Gasteiger partial charge in [0.15, 0.2) is 11.5 Å². The lowest BCUT2D eigenvalue weighted by atomic mass is 10.1. The number of anilines is 1. The number of halogens is 6. The summed E-state index contributed by atoms with van der Waals surface area (Å²) in [7, 11) is 0. The van der Waals surface area contributed by atoms with E-state index >= 15 is 0 Å². The number of amides is 1. The van der Waals surface area contributed by atoms with Crippen LogP contribution in [0.15, 0.2) is 35.3 Å². The Bertz CT molecular complexity index is 1470. The predicted molar refractivity (Wildman–Crippen MR) is 126 cm³/mol. The minimum atomic E-state index is -4.75. The first-order chi connectivity index (χ1) is 17.8. The molecule has 3 heterocycles. The number of hydrogen-bond acceptors (Lipinski definition) is 6. The molecule has 38 heavy (non-hydrogen) atoms. The van der Waals surface area contributed by atoms with Crippen molar-refractivity contribution in [1.82, 2.24) is 14.9 Å². The van der Waals surface area contributed by atoms with E-state index in [1.165, 1.54) is 17.0 Å². The zero-order valence-corrected chi connectivity index (χ0v) is 20.1. The molecule has 5 rings (SSSR count). The van der Waals surface area contributed by atoms with Crippen molar-refractivity contribution in [3.05, 3.63) is 62.9 Å². The molecule has 3 atom stereocenters. The van der Waals surface area contributed by atoms with Gasteiger partial charge in [0, 0.05) is 25.2 Å². The molecule has 0 radical (unpaired) electrons. The lowest BCUT2D eigenvalue weighted by Gasteiger charge is -2.23. The van der Waals surface area contributed by atoms with Gasteiger partial charge in [-0.25, -0.2) is 13.8 Å². The van der Waals surface area contributed by atoms with Gasteiger partial charge < -0.3 is 20.4 Å². The molecule has 3 aromatic rings. The molecule has 1 unspecified atom stereocenters. The van der Waals surface area contributed by atoms with Crippen LogP contribution in [0.1, 0.15) is 29.6 Å². The number of carbonyl (C=O) groups is 1. The number of alkyl halides is 3. The molecule has 1 amide bonds. The number of aliphatic hydroxyl groups is 2. The highest BCUT2D eigenvalue weighted by Crippen LogP contribution is 2.40. The Morgan fingerprint density at radius 3 is 2.47 bits per heavy atom.